The lowest BCUT2D eigenvalue weighted by molar-refractivity contribution is -0.130. The molecule has 0 radical (unpaired) electrons. The molecule has 0 saturated carbocycles. The Hall–Kier alpha value is -1.68. The fraction of sp³-hybridized carbons (Fsp3) is 0.444. The van der Waals surface area contributed by atoms with Gasteiger partial charge in [-0.25, -0.2) is 4.98 Å². The molecule has 4 heteroatoms. The molecule has 0 aliphatic heterocycles. The maximum Gasteiger partial charge on any atom is 0.228 e. The van der Waals surface area contributed by atoms with Gasteiger partial charge in [0.1, 0.15) is 5.01 Å². The average Bonchev–Trinajstić information content (AvgIpc) is 2.95. The Morgan fingerprint density at radius 1 is 1.23 bits per heavy atom. The number of thiazole rings is 1. The predicted molar refractivity (Wildman–Crippen MR) is 93.2 cm³/mol. The second-order valence-electron chi connectivity index (χ2n) is 5.57. The molecule has 0 aliphatic carbocycles. The fourth-order valence-electron chi connectivity index (χ4n) is 2.47. The van der Waals surface area contributed by atoms with Crippen molar-refractivity contribution < 1.29 is 4.79 Å². The molecule has 0 N–H and O–H groups in total. The van der Waals surface area contributed by atoms with Crippen LogP contribution in [0.1, 0.15) is 37.9 Å². The van der Waals surface area contributed by atoms with Crippen molar-refractivity contribution in [1.29, 1.82) is 0 Å². The van der Waals surface area contributed by atoms with Crippen LogP contribution < -0.4 is 0 Å². The summed E-state index contributed by atoms with van der Waals surface area (Å²) in [5.74, 6) is 0.185. The summed E-state index contributed by atoms with van der Waals surface area (Å²) in [6.45, 7) is 7.96. The van der Waals surface area contributed by atoms with Crippen molar-refractivity contribution in [3.63, 3.8) is 0 Å². The van der Waals surface area contributed by atoms with Gasteiger partial charge in [-0.1, -0.05) is 37.6 Å². The Morgan fingerprint density at radius 2 is 1.95 bits per heavy atom. The zero-order chi connectivity index (χ0) is 15.9. The van der Waals surface area contributed by atoms with Gasteiger partial charge in [0.25, 0.3) is 0 Å². The Morgan fingerprint density at radius 3 is 2.59 bits per heavy atom. The predicted octanol–water partition coefficient (Wildman–Crippen LogP) is 4.31. The first kappa shape index (κ1) is 16.7. The standard InChI is InChI=1S/C18H24N2OS/c1-4-9-20(10-5-2)17(21)12-16-13-22-18(19-16)15-8-6-7-14(3)11-15/h6-8,11,13H,4-5,9-10,12H2,1-3H3. The highest BCUT2D eigenvalue weighted by atomic mass is 32.1. The summed E-state index contributed by atoms with van der Waals surface area (Å²) in [5, 5.41) is 3.00. The normalized spacial score (nSPS) is 10.7. The van der Waals surface area contributed by atoms with Crippen LogP contribution in [-0.4, -0.2) is 28.9 Å². The van der Waals surface area contributed by atoms with E-state index in [0.29, 0.717) is 6.42 Å². The zero-order valence-electron chi connectivity index (χ0n) is 13.6. The van der Waals surface area contributed by atoms with Gasteiger partial charge >= 0.3 is 0 Å². The molecule has 22 heavy (non-hydrogen) atoms. The minimum Gasteiger partial charge on any atom is -0.342 e. The number of hydrogen-bond donors (Lipinski definition) is 0. The molecule has 1 amide bonds. The monoisotopic (exact) mass is 316 g/mol. The number of benzene rings is 1. The molecule has 0 spiro atoms. The first-order valence-electron chi connectivity index (χ1n) is 7.93. The molecule has 0 bridgehead atoms. The first-order chi connectivity index (χ1) is 10.6. The zero-order valence-corrected chi connectivity index (χ0v) is 14.4. The fourth-order valence-corrected chi connectivity index (χ4v) is 3.28. The van der Waals surface area contributed by atoms with E-state index in [-0.39, 0.29) is 5.91 Å². The number of aryl methyl sites for hydroxylation is 1. The lowest BCUT2D eigenvalue weighted by atomic mass is 10.1. The SMILES string of the molecule is CCCN(CCC)C(=O)Cc1csc(-c2cccc(C)c2)n1. The Balaban J connectivity index is 2.06. The van der Waals surface area contributed by atoms with E-state index >= 15 is 0 Å². The van der Waals surface area contributed by atoms with E-state index in [1.165, 1.54) is 5.56 Å². The van der Waals surface area contributed by atoms with Crippen LogP contribution in [0, 0.1) is 6.92 Å². The van der Waals surface area contributed by atoms with E-state index < -0.39 is 0 Å². The lowest BCUT2D eigenvalue weighted by Gasteiger charge is -2.20. The number of rotatable bonds is 7. The second kappa shape index (κ2) is 8.08. The van der Waals surface area contributed by atoms with E-state index in [1.807, 2.05) is 16.3 Å². The molecule has 1 heterocycles. The average molecular weight is 316 g/mol. The van der Waals surface area contributed by atoms with Crippen LogP contribution in [0.4, 0.5) is 0 Å². The topological polar surface area (TPSA) is 33.2 Å². The highest BCUT2D eigenvalue weighted by Gasteiger charge is 2.14. The third kappa shape index (κ3) is 4.41. The van der Waals surface area contributed by atoms with E-state index in [0.717, 1.165) is 42.2 Å². The van der Waals surface area contributed by atoms with Gasteiger partial charge in [-0.2, -0.15) is 0 Å². The van der Waals surface area contributed by atoms with Gasteiger partial charge in [-0.05, 0) is 25.8 Å². The Labute approximate surface area is 137 Å². The van der Waals surface area contributed by atoms with E-state index in [4.69, 9.17) is 0 Å². The van der Waals surface area contributed by atoms with Crippen LogP contribution in [-0.2, 0) is 11.2 Å². The minimum atomic E-state index is 0.185. The van der Waals surface area contributed by atoms with Crippen molar-refractivity contribution in [2.75, 3.05) is 13.1 Å². The van der Waals surface area contributed by atoms with Crippen molar-refractivity contribution >= 4 is 17.2 Å². The molecule has 0 fully saturated rings. The van der Waals surface area contributed by atoms with Crippen LogP contribution in [0.2, 0.25) is 0 Å². The molecular weight excluding hydrogens is 292 g/mol. The maximum absolute atomic E-state index is 12.4. The van der Waals surface area contributed by atoms with Crippen molar-refractivity contribution in [2.24, 2.45) is 0 Å². The first-order valence-corrected chi connectivity index (χ1v) is 8.81. The van der Waals surface area contributed by atoms with Gasteiger partial charge in [0.05, 0.1) is 12.1 Å². The van der Waals surface area contributed by atoms with Gasteiger partial charge in [-0.15, -0.1) is 11.3 Å². The maximum atomic E-state index is 12.4. The van der Waals surface area contributed by atoms with Crippen molar-refractivity contribution in [3.8, 4) is 10.6 Å². The van der Waals surface area contributed by atoms with Gasteiger partial charge in [0.15, 0.2) is 0 Å². The molecule has 3 nitrogen and oxygen atoms in total. The molecule has 2 rings (SSSR count). The summed E-state index contributed by atoms with van der Waals surface area (Å²) in [6, 6.07) is 8.32. The summed E-state index contributed by atoms with van der Waals surface area (Å²) in [7, 11) is 0. The van der Waals surface area contributed by atoms with Crippen molar-refractivity contribution in [2.45, 2.75) is 40.0 Å². The van der Waals surface area contributed by atoms with Gasteiger partial charge in [-0.3, -0.25) is 4.79 Å². The molecule has 0 saturated heterocycles. The number of carbonyl (C=O) groups is 1. The van der Waals surface area contributed by atoms with Crippen LogP contribution in [0.15, 0.2) is 29.6 Å². The quantitative estimate of drug-likeness (QED) is 0.762. The smallest absolute Gasteiger partial charge is 0.228 e. The number of hydrogen-bond acceptors (Lipinski definition) is 3. The van der Waals surface area contributed by atoms with Crippen molar-refractivity contribution in [1.82, 2.24) is 9.88 Å². The molecule has 1 aromatic heterocycles. The van der Waals surface area contributed by atoms with Crippen LogP contribution in [0.25, 0.3) is 10.6 Å². The number of amides is 1. The molecule has 0 atom stereocenters. The van der Waals surface area contributed by atoms with Gasteiger partial charge in [0, 0.05) is 24.0 Å². The van der Waals surface area contributed by atoms with Crippen LogP contribution >= 0.6 is 11.3 Å². The van der Waals surface area contributed by atoms with Crippen LogP contribution in [0.3, 0.4) is 0 Å². The number of carbonyl (C=O) groups excluding carboxylic acids is 1. The Kier molecular flexibility index (Phi) is 6.13. The molecule has 0 aliphatic rings. The Bertz CT molecular complexity index is 615. The van der Waals surface area contributed by atoms with Crippen molar-refractivity contribution in [3.05, 3.63) is 40.9 Å². The summed E-state index contributed by atoms with van der Waals surface area (Å²) in [5.41, 5.74) is 3.23. The highest BCUT2D eigenvalue weighted by Crippen LogP contribution is 2.24. The largest absolute Gasteiger partial charge is 0.342 e. The van der Waals surface area contributed by atoms with Gasteiger partial charge in [0.2, 0.25) is 5.91 Å². The molecule has 118 valence electrons. The third-order valence-electron chi connectivity index (χ3n) is 3.49. The van der Waals surface area contributed by atoms with E-state index in [1.54, 1.807) is 11.3 Å². The minimum absolute atomic E-state index is 0.185. The molecule has 2 aromatic rings. The summed E-state index contributed by atoms with van der Waals surface area (Å²) in [4.78, 5) is 19.0. The van der Waals surface area contributed by atoms with E-state index in [2.05, 4.69) is 44.0 Å². The summed E-state index contributed by atoms with van der Waals surface area (Å²) < 4.78 is 0. The second-order valence-corrected chi connectivity index (χ2v) is 6.43. The molecule has 0 unspecified atom stereocenters. The number of aromatic nitrogens is 1. The van der Waals surface area contributed by atoms with Crippen LogP contribution in [0.5, 0.6) is 0 Å². The summed E-state index contributed by atoms with van der Waals surface area (Å²) >= 11 is 1.61. The van der Waals surface area contributed by atoms with Gasteiger partial charge < -0.3 is 4.90 Å². The molecule has 1 aromatic carbocycles. The highest BCUT2D eigenvalue weighted by molar-refractivity contribution is 7.13. The number of nitrogens with zero attached hydrogens (tertiary/aromatic N) is 2. The molecular formula is C18H24N2OS. The third-order valence-corrected chi connectivity index (χ3v) is 4.43. The summed E-state index contributed by atoms with van der Waals surface area (Å²) in [6.07, 6.45) is 2.40. The van der Waals surface area contributed by atoms with E-state index in [9.17, 15) is 4.79 Å². The lowest BCUT2D eigenvalue weighted by Crippen LogP contribution is -2.33.